The third-order valence-electron chi connectivity index (χ3n) is 4.28. The lowest BCUT2D eigenvalue weighted by Crippen LogP contribution is -2.42. The Hall–Kier alpha value is -2.30. The zero-order valence-electron chi connectivity index (χ0n) is 15.4. The van der Waals surface area contributed by atoms with Crippen LogP contribution in [-0.2, 0) is 4.74 Å². The standard InChI is InChI=1S/C20H26N2O3/c1-14-7-9-15(10-8-14)17-12-21-18(24-17)16-6-5-11-22(13-16)19(23)25-20(2,3)4/h7-10,12,16H,5-6,11,13H2,1-4H3. The van der Waals surface area contributed by atoms with Gasteiger partial charge in [0.15, 0.2) is 11.7 Å². The summed E-state index contributed by atoms with van der Waals surface area (Å²) in [6.45, 7) is 9.01. The third-order valence-corrected chi connectivity index (χ3v) is 4.28. The number of carbonyl (C=O) groups is 1. The summed E-state index contributed by atoms with van der Waals surface area (Å²) in [5, 5.41) is 0. The highest BCUT2D eigenvalue weighted by atomic mass is 16.6. The zero-order chi connectivity index (χ0) is 18.0. The molecular formula is C20H26N2O3. The Labute approximate surface area is 149 Å². The summed E-state index contributed by atoms with van der Waals surface area (Å²) in [7, 11) is 0. The molecule has 1 aliphatic heterocycles. The van der Waals surface area contributed by atoms with E-state index in [2.05, 4.69) is 24.0 Å². The second kappa shape index (κ2) is 6.90. The Balaban J connectivity index is 1.70. The molecule has 0 N–H and O–H groups in total. The fraction of sp³-hybridized carbons (Fsp3) is 0.500. The number of hydrogen-bond donors (Lipinski definition) is 0. The molecule has 0 spiro atoms. The lowest BCUT2D eigenvalue weighted by molar-refractivity contribution is 0.0191. The van der Waals surface area contributed by atoms with Crippen LogP contribution in [0, 0.1) is 6.92 Å². The van der Waals surface area contributed by atoms with Gasteiger partial charge < -0.3 is 14.1 Å². The van der Waals surface area contributed by atoms with E-state index >= 15 is 0 Å². The van der Waals surface area contributed by atoms with E-state index in [1.165, 1.54) is 5.56 Å². The number of oxazole rings is 1. The highest BCUT2D eigenvalue weighted by molar-refractivity contribution is 5.68. The number of aromatic nitrogens is 1. The summed E-state index contributed by atoms with van der Waals surface area (Å²) in [4.78, 5) is 18.5. The molecule has 0 radical (unpaired) electrons. The molecule has 1 amide bonds. The fourth-order valence-corrected chi connectivity index (χ4v) is 3.00. The predicted molar refractivity (Wildman–Crippen MR) is 96.5 cm³/mol. The first-order valence-corrected chi connectivity index (χ1v) is 8.82. The monoisotopic (exact) mass is 342 g/mol. The van der Waals surface area contributed by atoms with Gasteiger partial charge in [0.1, 0.15) is 5.60 Å². The van der Waals surface area contributed by atoms with Crippen molar-refractivity contribution in [3.05, 3.63) is 41.9 Å². The van der Waals surface area contributed by atoms with Crippen LogP contribution in [0.25, 0.3) is 11.3 Å². The van der Waals surface area contributed by atoms with Crippen molar-refractivity contribution in [2.24, 2.45) is 0 Å². The smallest absolute Gasteiger partial charge is 0.410 e. The van der Waals surface area contributed by atoms with Crippen LogP contribution in [0.2, 0.25) is 0 Å². The number of nitrogens with zero attached hydrogens (tertiary/aromatic N) is 2. The van der Waals surface area contributed by atoms with Gasteiger partial charge in [-0.15, -0.1) is 0 Å². The minimum absolute atomic E-state index is 0.112. The van der Waals surface area contributed by atoms with E-state index in [4.69, 9.17) is 9.15 Å². The van der Waals surface area contributed by atoms with Crippen LogP contribution in [-0.4, -0.2) is 34.7 Å². The Kier molecular flexibility index (Phi) is 4.84. The highest BCUT2D eigenvalue weighted by Gasteiger charge is 2.30. The van der Waals surface area contributed by atoms with Gasteiger partial charge in [-0.05, 0) is 40.5 Å². The molecule has 5 heteroatoms. The summed E-state index contributed by atoms with van der Waals surface area (Å²) in [5.41, 5.74) is 1.75. The number of rotatable bonds is 2. The van der Waals surface area contributed by atoms with Gasteiger partial charge in [0.2, 0.25) is 0 Å². The van der Waals surface area contributed by atoms with E-state index in [-0.39, 0.29) is 12.0 Å². The number of likely N-dealkylation sites (tertiary alicyclic amines) is 1. The molecule has 1 fully saturated rings. The first-order chi connectivity index (χ1) is 11.8. The number of aryl methyl sites for hydroxylation is 1. The van der Waals surface area contributed by atoms with Gasteiger partial charge in [-0.25, -0.2) is 9.78 Å². The Morgan fingerprint density at radius 3 is 2.68 bits per heavy atom. The maximum absolute atomic E-state index is 12.3. The maximum atomic E-state index is 12.3. The van der Waals surface area contributed by atoms with E-state index in [0.717, 1.165) is 30.7 Å². The van der Waals surface area contributed by atoms with E-state index in [0.29, 0.717) is 12.4 Å². The third kappa shape index (κ3) is 4.41. The first kappa shape index (κ1) is 17.5. The van der Waals surface area contributed by atoms with Gasteiger partial charge in [0.05, 0.1) is 12.1 Å². The second-order valence-corrected chi connectivity index (χ2v) is 7.69. The van der Waals surface area contributed by atoms with Crippen molar-refractivity contribution in [3.8, 4) is 11.3 Å². The molecule has 1 aromatic carbocycles. The highest BCUT2D eigenvalue weighted by Crippen LogP contribution is 2.30. The minimum Gasteiger partial charge on any atom is -0.444 e. The summed E-state index contributed by atoms with van der Waals surface area (Å²) >= 11 is 0. The average Bonchev–Trinajstić information content (AvgIpc) is 3.04. The average molecular weight is 342 g/mol. The number of hydrogen-bond acceptors (Lipinski definition) is 4. The fourth-order valence-electron chi connectivity index (χ4n) is 3.00. The molecule has 0 bridgehead atoms. The normalized spacial score (nSPS) is 18.2. The molecule has 2 heterocycles. The molecular weight excluding hydrogens is 316 g/mol. The molecule has 0 saturated carbocycles. The molecule has 1 unspecified atom stereocenters. The van der Waals surface area contributed by atoms with Crippen LogP contribution >= 0.6 is 0 Å². The van der Waals surface area contributed by atoms with Crippen molar-refractivity contribution in [2.75, 3.05) is 13.1 Å². The molecule has 5 nitrogen and oxygen atoms in total. The van der Waals surface area contributed by atoms with Crippen molar-refractivity contribution in [1.82, 2.24) is 9.88 Å². The summed E-state index contributed by atoms with van der Waals surface area (Å²) in [5.74, 6) is 1.58. The van der Waals surface area contributed by atoms with Crippen molar-refractivity contribution in [3.63, 3.8) is 0 Å². The van der Waals surface area contributed by atoms with Crippen LogP contribution in [0.4, 0.5) is 4.79 Å². The SMILES string of the molecule is Cc1ccc(-c2cnc(C3CCCN(C(=O)OC(C)(C)C)C3)o2)cc1. The topological polar surface area (TPSA) is 55.6 Å². The minimum atomic E-state index is -0.481. The summed E-state index contributed by atoms with van der Waals surface area (Å²) in [6, 6.07) is 8.19. The van der Waals surface area contributed by atoms with Gasteiger partial charge in [0, 0.05) is 18.7 Å². The molecule has 25 heavy (non-hydrogen) atoms. The van der Waals surface area contributed by atoms with E-state index < -0.39 is 5.60 Å². The molecule has 1 atom stereocenters. The zero-order valence-corrected chi connectivity index (χ0v) is 15.4. The van der Waals surface area contributed by atoms with E-state index in [1.54, 1.807) is 11.1 Å². The molecule has 134 valence electrons. The lowest BCUT2D eigenvalue weighted by atomic mass is 9.98. The van der Waals surface area contributed by atoms with Crippen LogP contribution in [0.5, 0.6) is 0 Å². The van der Waals surface area contributed by atoms with Gasteiger partial charge in [0.25, 0.3) is 0 Å². The number of amides is 1. The van der Waals surface area contributed by atoms with Crippen LogP contribution in [0.3, 0.4) is 0 Å². The van der Waals surface area contributed by atoms with Crippen molar-refractivity contribution in [1.29, 1.82) is 0 Å². The van der Waals surface area contributed by atoms with Gasteiger partial charge in [-0.2, -0.15) is 0 Å². The van der Waals surface area contributed by atoms with Gasteiger partial charge >= 0.3 is 6.09 Å². The van der Waals surface area contributed by atoms with Crippen molar-refractivity contribution < 1.29 is 13.9 Å². The van der Waals surface area contributed by atoms with Gasteiger partial charge in [-0.3, -0.25) is 0 Å². The molecule has 3 rings (SSSR count). The number of ether oxygens (including phenoxy) is 1. The van der Waals surface area contributed by atoms with Crippen molar-refractivity contribution in [2.45, 2.75) is 52.1 Å². The van der Waals surface area contributed by atoms with Crippen molar-refractivity contribution >= 4 is 6.09 Å². The van der Waals surface area contributed by atoms with Crippen LogP contribution in [0.1, 0.15) is 51.0 Å². The maximum Gasteiger partial charge on any atom is 0.410 e. The molecule has 1 saturated heterocycles. The number of piperidine rings is 1. The largest absolute Gasteiger partial charge is 0.444 e. The molecule has 1 aliphatic rings. The van der Waals surface area contributed by atoms with Crippen LogP contribution in [0.15, 0.2) is 34.9 Å². The molecule has 2 aromatic rings. The summed E-state index contributed by atoms with van der Waals surface area (Å²) in [6.07, 6.45) is 3.40. The van der Waals surface area contributed by atoms with E-state index in [9.17, 15) is 4.79 Å². The molecule has 0 aliphatic carbocycles. The van der Waals surface area contributed by atoms with Gasteiger partial charge in [-0.1, -0.05) is 29.8 Å². The lowest BCUT2D eigenvalue weighted by Gasteiger charge is -2.32. The second-order valence-electron chi connectivity index (χ2n) is 7.69. The quantitative estimate of drug-likeness (QED) is 0.789. The Morgan fingerprint density at radius 1 is 1.28 bits per heavy atom. The van der Waals surface area contributed by atoms with Crippen LogP contribution < -0.4 is 0 Å². The first-order valence-electron chi connectivity index (χ1n) is 8.82. The molecule has 1 aromatic heterocycles. The predicted octanol–water partition coefficient (Wildman–Crippen LogP) is 4.76. The van der Waals surface area contributed by atoms with E-state index in [1.807, 2.05) is 32.9 Å². The number of carbonyl (C=O) groups excluding carboxylic acids is 1. The Bertz CT molecular complexity index is 728. The summed E-state index contributed by atoms with van der Waals surface area (Å²) < 4.78 is 11.5. The number of benzene rings is 1. The Morgan fingerprint density at radius 2 is 2.00 bits per heavy atom.